The molecule has 0 spiro atoms. The van der Waals surface area contributed by atoms with Crippen LogP contribution in [0.15, 0.2) is 65.7 Å². The summed E-state index contributed by atoms with van der Waals surface area (Å²) in [4.78, 5) is 15.1. The van der Waals surface area contributed by atoms with E-state index < -0.39 is 6.36 Å². The normalized spacial score (nSPS) is 11.5. The van der Waals surface area contributed by atoms with Crippen molar-refractivity contribution in [1.82, 2.24) is 0 Å². The van der Waals surface area contributed by atoms with Crippen LogP contribution >= 0.6 is 11.8 Å². The Morgan fingerprint density at radius 3 is 2.47 bits per heavy atom. The lowest BCUT2D eigenvalue weighted by Crippen LogP contribution is -2.34. The molecule has 0 saturated heterocycles. The summed E-state index contributed by atoms with van der Waals surface area (Å²) in [5.74, 6) is -0.260. The Morgan fingerprint density at radius 2 is 1.78 bits per heavy atom. The summed E-state index contributed by atoms with van der Waals surface area (Å²) in [7, 11) is 1.60. The van der Waals surface area contributed by atoms with Gasteiger partial charge in [-0.2, -0.15) is 4.57 Å². The molecular formula is C24H26F3N2O2S+. The average Bonchev–Trinajstić information content (AvgIpc) is 2.77. The monoisotopic (exact) mass is 463 g/mol. The van der Waals surface area contributed by atoms with E-state index in [4.69, 9.17) is 0 Å². The number of alkyl halides is 3. The summed E-state index contributed by atoms with van der Waals surface area (Å²) in [5, 5.41) is 1.10. The first-order chi connectivity index (χ1) is 15.3. The Labute approximate surface area is 190 Å². The first-order valence-electron chi connectivity index (χ1n) is 10.4. The number of unbranched alkanes of at least 4 members (excludes halogenated alkanes) is 2. The molecule has 0 bridgehead atoms. The van der Waals surface area contributed by atoms with E-state index in [-0.39, 0.29) is 17.4 Å². The van der Waals surface area contributed by atoms with Gasteiger partial charge in [-0.15, -0.1) is 24.9 Å². The summed E-state index contributed by atoms with van der Waals surface area (Å²) < 4.78 is 43.1. The molecule has 32 heavy (non-hydrogen) atoms. The van der Waals surface area contributed by atoms with Crippen LogP contribution in [0.25, 0.3) is 10.9 Å². The summed E-state index contributed by atoms with van der Waals surface area (Å²) in [5.41, 5.74) is 1.63. The number of halogens is 3. The number of carbonyl (C=O) groups is 1. The highest BCUT2D eigenvalue weighted by atomic mass is 32.2. The van der Waals surface area contributed by atoms with Gasteiger partial charge >= 0.3 is 6.36 Å². The SMILES string of the molecule is CCCCC[n+]1ccc(SCC(=O)N(C)c2ccc(OC(F)(F)F)cc2)c2ccccc21. The molecule has 2 aromatic carbocycles. The van der Waals surface area contributed by atoms with E-state index in [2.05, 4.69) is 34.6 Å². The number of amides is 1. The number of aromatic nitrogens is 1. The smallest absolute Gasteiger partial charge is 0.406 e. The predicted molar refractivity (Wildman–Crippen MR) is 121 cm³/mol. The van der Waals surface area contributed by atoms with E-state index in [1.165, 1.54) is 53.8 Å². The Hall–Kier alpha value is -2.74. The summed E-state index contributed by atoms with van der Waals surface area (Å²) >= 11 is 1.45. The van der Waals surface area contributed by atoms with Gasteiger partial charge in [-0.25, -0.2) is 0 Å². The van der Waals surface area contributed by atoms with Gasteiger partial charge in [0.1, 0.15) is 12.3 Å². The number of aryl methyl sites for hydroxylation is 1. The number of carbonyl (C=O) groups excluding carboxylic acids is 1. The van der Waals surface area contributed by atoms with E-state index in [1.807, 2.05) is 18.2 Å². The number of fused-ring (bicyclic) bond motifs is 1. The minimum atomic E-state index is -4.74. The number of pyridine rings is 1. The molecule has 0 fully saturated rings. The molecular weight excluding hydrogens is 437 g/mol. The maximum Gasteiger partial charge on any atom is 0.573 e. The fraction of sp³-hybridized carbons (Fsp3) is 0.333. The Morgan fingerprint density at radius 1 is 1.06 bits per heavy atom. The van der Waals surface area contributed by atoms with Gasteiger partial charge in [-0.1, -0.05) is 25.5 Å². The first-order valence-corrected chi connectivity index (χ1v) is 11.4. The van der Waals surface area contributed by atoms with Crippen LogP contribution in [0.2, 0.25) is 0 Å². The third kappa shape index (κ3) is 6.38. The molecule has 170 valence electrons. The largest absolute Gasteiger partial charge is 0.573 e. The predicted octanol–water partition coefficient (Wildman–Crippen LogP) is 5.97. The molecule has 3 aromatic rings. The van der Waals surface area contributed by atoms with Gasteiger partial charge < -0.3 is 9.64 Å². The molecule has 0 N–H and O–H groups in total. The van der Waals surface area contributed by atoms with Crippen molar-refractivity contribution in [2.45, 2.75) is 44.0 Å². The van der Waals surface area contributed by atoms with Crippen molar-refractivity contribution in [3.63, 3.8) is 0 Å². The van der Waals surface area contributed by atoms with Crippen molar-refractivity contribution >= 4 is 34.3 Å². The second kappa shape index (κ2) is 10.7. The topological polar surface area (TPSA) is 33.4 Å². The fourth-order valence-corrected chi connectivity index (χ4v) is 4.32. The second-order valence-electron chi connectivity index (χ2n) is 7.38. The summed E-state index contributed by atoms with van der Waals surface area (Å²) in [6, 6.07) is 15.4. The third-order valence-electron chi connectivity index (χ3n) is 5.07. The first kappa shape index (κ1) is 23.9. The number of anilines is 1. The maximum atomic E-state index is 12.7. The average molecular weight is 464 g/mol. The zero-order valence-electron chi connectivity index (χ0n) is 18.1. The van der Waals surface area contributed by atoms with Crippen molar-refractivity contribution < 1.29 is 27.3 Å². The molecule has 0 aliphatic rings. The van der Waals surface area contributed by atoms with E-state index in [0.717, 1.165) is 28.8 Å². The van der Waals surface area contributed by atoms with E-state index in [0.29, 0.717) is 5.69 Å². The van der Waals surface area contributed by atoms with E-state index >= 15 is 0 Å². The number of hydrogen-bond acceptors (Lipinski definition) is 3. The quantitative estimate of drug-likeness (QED) is 0.223. The highest BCUT2D eigenvalue weighted by Gasteiger charge is 2.31. The zero-order valence-corrected chi connectivity index (χ0v) is 18.9. The fourth-order valence-electron chi connectivity index (χ4n) is 3.36. The molecule has 0 aliphatic heterocycles. The van der Waals surface area contributed by atoms with E-state index in [9.17, 15) is 18.0 Å². The van der Waals surface area contributed by atoms with Crippen molar-refractivity contribution in [3.05, 3.63) is 60.8 Å². The molecule has 4 nitrogen and oxygen atoms in total. The van der Waals surface area contributed by atoms with Crippen LogP contribution in [0, 0.1) is 0 Å². The van der Waals surface area contributed by atoms with Crippen molar-refractivity contribution in [1.29, 1.82) is 0 Å². The van der Waals surface area contributed by atoms with Crippen LogP contribution in [0.5, 0.6) is 5.75 Å². The number of benzene rings is 2. The van der Waals surface area contributed by atoms with Gasteiger partial charge in [0.05, 0.1) is 11.1 Å². The van der Waals surface area contributed by atoms with Crippen LogP contribution in [0.3, 0.4) is 0 Å². The van der Waals surface area contributed by atoms with Gasteiger partial charge in [-0.05, 0) is 36.8 Å². The Kier molecular flexibility index (Phi) is 8.01. The van der Waals surface area contributed by atoms with Crippen LogP contribution in [0.1, 0.15) is 26.2 Å². The van der Waals surface area contributed by atoms with Crippen molar-refractivity contribution in [2.24, 2.45) is 0 Å². The lowest BCUT2D eigenvalue weighted by atomic mass is 10.2. The molecule has 0 radical (unpaired) electrons. The molecule has 0 aliphatic carbocycles. The number of nitrogens with zero attached hydrogens (tertiary/aromatic N) is 2. The number of thioether (sulfide) groups is 1. The number of ether oxygens (including phenoxy) is 1. The molecule has 3 rings (SSSR count). The summed E-state index contributed by atoms with van der Waals surface area (Å²) in [6.07, 6.45) is 0.788. The van der Waals surface area contributed by atoms with Gasteiger partial charge in [0.25, 0.3) is 0 Å². The number of rotatable bonds is 9. The minimum absolute atomic E-state index is 0.150. The van der Waals surface area contributed by atoms with Gasteiger partial charge in [0.2, 0.25) is 11.4 Å². The van der Waals surface area contributed by atoms with Crippen LogP contribution in [0.4, 0.5) is 18.9 Å². The Bertz CT molecular complexity index is 1060. The molecule has 0 saturated carbocycles. The molecule has 0 unspecified atom stereocenters. The third-order valence-corrected chi connectivity index (χ3v) is 6.13. The minimum Gasteiger partial charge on any atom is -0.406 e. The van der Waals surface area contributed by atoms with Crippen LogP contribution in [-0.4, -0.2) is 25.1 Å². The number of hydrogen-bond donors (Lipinski definition) is 0. The Balaban J connectivity index is 1.67. The summed E-state index contributed by atoms with van der Waals surface area (Å²) in [6.45, 7) is 3.14. The standard InChI is InChI=1S/C24H26F3N2O2S/c1-3-4-7-15-29-16-14-22(20-8-5-6-9-21(20)29)32-17-23(30)28(2)18-10-12-19(13-11-18)31-24(25,26)27/h5-6,8-14,16H,3-4,7,15,17H2,1-2H3/q+1. The molecule has 1 heterocycles. The molecule has 1 aromatic heterocycles. The van der Waals surface area contributed by atoms with Crippen LogP contribution < -0.4 is 14.2 Å². The second-order valence-corrected chi connectivity index (χ2v) is 8.40. The zero-order chi connectivity index (χ0) is 23.1. The molecule has 8 heteroatoms. The van der Waals surface area contributed by atoms with Crippen molar-refractivity contribution in [3.8, 4) is 5.75 Å². The maximum absolute atomic E-state index is 12.7. The number of para-hydroxylation sites is 1. The van der Waals surface area contributed by atoms with Gasteiger partial charge in [0, 0.05) is 36.2 Å². The lowest BCUT2D eigenvalue weighted by molar-refractivity contribution is -0.672. The van der Waals surface area contributed by atoms with E-state index in [1.54, 1.807) is 7.05 Å². The van der Waals surface area contributed by atoms with Gasteiger partial charge in [0.15, 0.2) is 6.20 Å². The van der Waals surface area contributed by atoms with Crippen LogP contribution in [-0.2, 0) is 11.3 Å². The molecule has 1 amide bonds. The highest BCUT2D eigenvalue weighted by Crippen LogP contribution is 2.28. The van der Waals surface area contributed by atoms with Gasteiger partial charge in [-0.3, -0.25) is 4.79 Å². The highest BCUT2D eigenvalue weighted by molar-refractivity contribution is 8.00. The van der Waals surface area contributed by atoms with Crippen molar-refractivity contribution in [2.75, 3.05) is 17.7 Å². The molecule has 0 atom stereocenters. The lowest BCUT2D eigenvalue weighted by Gasteiger charge is -2.18.